The molecular formula is C12H16BrNO. The van der Waals surface area contributed by atoms with Gasteiger partial charge in [-0.2, -0.15) is 0 Å². The number of hydrogen-bond donors (Lipinski definition) is 0. The van der Waals surface area contributed by atoms with Gasteiger partial charge >= 0.3 is 0 Å². The zero-order chi connectivity index (χ0) is 11.1. The van der Waals surface area contributed by atoms with Gasteiger partial charge in [0.15, 0.2) is 0 Å². The normalized spacial score (nSPS) is 16.5. The van der Waals surface area contributed by atoms with Crippen LogP contribution in [0.3, 0.4) is 0 Å². The molecule has 1 fully saturated rings. The summed E-state index contributed by atoms with van der Waals surface area (Å²) in [6.45, 7) is 6.56. The number of pyridine rings is 1. The largest absolute Gasteiger partial charge is 0.488 e. The first-order valence-corrected chi connectivity index (χ1v) is 6.08. The molecule has 0 N–H and O–H groups in total. The van der Waals surface area contributed by atoms with Crippen molar-refractivity contribution in [1.29, 1.82) is 0 Å². The lowest BCUT2D eigenvalue weighted by molar-refractivity contribution is 0.293. The highest BCUT2D eigenvalue weighted by molar-refractivity contribution is 9.10. The molecule has 0 spiro atoms. The van der Waals surface area contributed by atoms with Crippen LogP contribution in [0.1, 0.15) is 39.2 Å². The zero-order valence-corrected chi connectivity index (χ0v) is 11.0. The highest BCUT2D eigenvalue weighted by atomic mass is 79.9. The van der Waals surface area contributed by atoms with E-state index in [1.807, 2.05) is 12.4 Å². The fourth-order valence-electron chi connectivity index (χ4n) is 1.60. The van der Waals surface area contributed by atoms with Crippen molar-refractivity contribution >= 4 is 15.9 Å². The first kappa shape index (κ1) is 10.9. The minimum atomic E-state index is 0.0754. The Bertz CT molecular complexity index is 366. The minimum Gasteiger partial charge on any atom is -0.488 e. The maximum absolute atomic E-state index is 5.87. The Morgan fingerprint density at radius 2 is 2.00 bits per heavy atom. The molecule has 82 valence electrons. The molecule has 0 atom stereocenters. The first-order valence-electron chi connectivity index (χ1n) is 5.29. The molecule has 0 aliphatic heterocycles. The molecule has 2 nitrogen and oxygen atoms in total. The third-order valence-electron chi connectivity index (χ3n) is 2.43. The van der Waals surface area contributed by atoms with Gasteiger partial charge in [-0.3, -0.25) is 4.98 Å². The first-order chi connectivity index (χ1) is 6.98. The third-order valence-corrected chi connectivity index (χ3v) is 3.03. The maximum Gasteiger partial charge on any atom is 0.142 e. The Hall–Kier alpha value is -0.570. The molecule has 0 amide bonds. The molecule has 1 aromatic heterocycles. The van der Waals surface area contributed by atoms with Crippen molar-refractivity contribution in [2.45, 2.75) is 45.1 Å². The molecule has 0 saturated heterocycles. The SMILES string of the molecule is CC(C)(C)c1c(Br)cncc1OC1CC1. The van der Waals surface area contributed by atoms with E-state index in [0.29, 0.717) is 6.10 Å². The molecule has 0 aromatic carbocycles. The van der Waals surface area contributed by atoms with Crippen LogP contribution < -0.4 is 4.74 Å². The highest BCUT2D eigenvalue weighted by Crippen LogP contribution is 2.38. The van der Waals surface area contributed by atoms with Crippen molar-refractivity contribution in [2.75, 3.05) is 0 Å². The summed E-state index contributed by atoms with van der Waals surface area (Å²) in [5.74, 6) is 0.930. The van der Waals surface area contributed by atoms with Crippen LogP contribution in [0.25, 0.3) is 0 Å². The average molecular weight is 270 g/mol. The Labute approximate surface area is 99.2 Å². The second-order valence-electron chi connectivity index (χ2n) is 5.06. The topological polar surface area (TPSA) is 22.1 Å². The number of ether oxygens (including phenoxy) is 1. The lowest BCUT2D eigenvalue weighted by atomic mass is 9.87. The molecule has 0 bridgehead atoms. The number of rotatable bonds is 2. The molecule has 1 aliphatic carbocycles. The van der Waals surface area contributed by atoms with Crippen molar-refractivity contribution in [2.24, 2.45) is 0 Å². The van der Waals surface area contributed by atoms with Crippen LogP contribution in [0, 0.1) is 0 Å². The molecule has 15 heavy (non-hydrogen) atoms. The summed E-state index contributed by atoms with van der Waals surface area (Å²) >= 11 is 3.55. The molecule has 0 radical (unpaired) electrons. The Kier molecular flexibility index (Phi) is 2.75. The van der Waals surface area contributed by atoms with Crippen LogP contribution in [0.5, 0.6) is 5.75 Å². The van der Waals surface area contributed by atoms with Crippen LogP contribution in [-0.2, 0) is 5.41 Å². The number of nitrogens with zero attached hydrogens (tertiary/aromatic N) is 1. The van der Waals surface area contributed by atoms with Gasteiger partial charge in [0.25, 0.3) is 0 Å². The predicted molar refractivity (Wildman–Crippen MR) is 64.3 cm³/mol. The molecular weight excluding hydrogens is 254 g/mol. The van der Waals surface area contributed by atoms with E-state index in [9.17, 15) is 0 Å². The Morgan fingerprint density at radius 1 is 1.33 bits per heavy atom. The van der Waals surface area contributed by atoms with Crippen LogP contribution in [0.15, 0.2) is 16.9 Å². The smallest absolute Gasteiger partial charge is 0.142 e. The minimum absolute atomic E-state index is 0.0754. The van der Waals surface area contributed by atoms with Gasteiger partial charge in [0.2, 0.25) is 0 Å². The van der Waals surface area contributed by atoms with E-state index in [1.165, 1.54) is 18.4 Å². The molecule has 2 rings (SSSR count). The summed E-state index contributed by atoms with van der Waals surface area (Å²) in [6, 6.07) is 0. The fourth-order valence-corrected chi connectivity index (χ4v) is 2.51. The van der Waals surface area contributed by atoms with Gasteiger partial charge in [-0.15, -0.1) is 0 Å². The van der Waals surface area contributed by atoms with Crippen LogP contribution >= 0.6 is 15.9 Å². The van der Waals surface area contributed by atoms with E-state index < -0.39 is 0 Å². The van der Waals surface area contributed by atoms with Crippen molar-refractivity contribution in [3.05, 3.63) is 22.4 Å². The van der Waals surface area contributed by atoms with Gasteiger partial charge in [0.05, 0.1) is 12.3 Å². The number of hydrogen-bond acceptors (Lipinski definition) is 2. The highest BCUT2D eigenvalue weighted by Gasteiger charge is 2.28. The molecule has 1 saturated carbocycles. The zero-order valence-electron chi connectivity index (χ0n) is 9.38. The Balaban J connectivity index is 2.38. The second-order valence-corrected chi connectivity index (χ2v) is 5.92. The van der Waals surface area contributed by atoms with E-state index in [1.54, 1.807) is 0 Å². The van der Waals surface area contributed by atoms with E-state index >= 15 is 0 Å². The summed E-state index contributed by atoms with van der Waals surface area (Å²) in [5.41, 5.74) is 1.29. The van der Waals surface area contributed by atoms with E-state index in [2.05, 4.69) is 41.7 Å². The summed E-state index contributed by atoms with van der Waals surface area (Å²) in [5, 5.41) is 0. The standard InChI is InChI=1S/C12H16BrNO/c1-12(2,3)11-9(13)6-14-7-10(11)15-8-4-5-8/h6-8H,4-5H2,1-3H3. The molecule has 1 aromatic rings. The van der Waals surface area contributed by atoms with Crippen LogP contribution in [0.2, 0.25) is 0 Å². The van der Waals surface area contributed by atoms with Gasteiger partial charge in [-0.1, -0.05) is 20.8 Å². The average Bonchev–Trinajstić information content (AvgIpc) is 2.85. The Morgan fingerprint density at radius 3 is 2.53 bits per heavy atom. The van der Waals surface area contributed by atoms with Crippen molar-refractivity contribution < 1.29 is 4.74 Å². The quantitative estimate of drug-likeness (QED) is 0.817. The summed E-state index contributed by atoms with van der Waals surface area (Å²) < 4.78 is 6.91. The number of halogens is 1. The van der Waals surface area contributed by atoms with E-state index in [4.69, 9.17) is 4.74 Å². The monoisotopic (exact) mass is 269 g/mol. The second kappa shape index (κ2) is 3.78. The van der Waals surface area contributed by atoms with Crippen molar-refractivity contribution in [3.8, 4) is 5.75 Å². The number of aromatic nitrogens is 1. The van der Waals surface area contributed by atoms with Crippen molar-refractivity contribution in [3.63, 3.8) is 0 Å². The van der Waals surface area contributed by atoms with Gasteiger partial charge in [-0.25, -0.2) is 0 Å². The summed E-state index contributed by atoms with van der Waals surface area (Å²) in [7, 11) is 0. The lowest BCUT2D eigenvalue weighted by Gasteiger charge is -2.23. The fraction of sp³-hybridized carbons (Fsp3) is 0.583. The third kappa shape index (κ3) is 2.51. The summed E-state index contributed by atoms with van der Waals surface area (Å²) in [6.07, 6.45) is 6.43. The summed E-state index contributed by atoms with van der Waals surface area (Å²) in [4.78, 5) is 4.17. The van der Waals surface area contributed by atoms with Gasteiger partial charge < -0.3 is 4.74 Å². The van der Waals surface area contributed by atoms with Gasteiger partial charge in [-0.05, 0) is 34.2 Å². The molecule has 0 unspecified atom stereocenters. The van der Waals surface area contributed by atoms with Gasteiger partial charge in [0.1, 0.15) is 5.75 Å². The van der Waals surface area contributed by atoms with Gasteiger partial charge in [0, 0.05) is 16.2 Å². The van der Waals surface area contributed by atoms with Crippen LogP contribution in [0.4, 0.5) is 0 Å². The van der Waals surface area contributed by atoms with E-state index in [0.717, 1.165) is 10.2 Å². The van der Waals surface area contributed by atoms with E-state index in [-0.39, 0.29) is 5.41 Å². The molecule has 3 heteroatoms. The predicted octanol–water partition coefficient (Wildman–Crippen LogP) is 3.68. The molecule has 1 aliphatic rings. The maximum atomic E-state index is 5.87. The molecule has 1 heterocycles. The van der Waals surface area contributed by atoms with Crippen LogP contribution in [-0.4, -0.2) is 11.1 Å². The van der Waals surface area contributed by atoms with Crippen molar-refractivity contribution in [1.82, 2.24) is 4.98 Å². The lowest BCUT2D eigenvalue weighted by Crippen LogP contribution is -2.15.